The Hall–Kier alpha value is -3.40. The van der Waals surface area contributed by atoms with Crippen LogP contribution in [0.2, 0.25) is 0 Å². The summed E-state index contributed by atoms with van der Waals surface area (Å²) in [6, 6.07) is 9.17. The molecule has 0 bridgehead atoms. The standard InChI is InChI=1S/C25H30F3N5OS/c1-6-18(25(26,27)28)13-12-17(4)14-30-22(31-19-10-8-7-9-11-19)20-21(29)33(15-16(2)3)24(34)32(5)23(20)35/h6-13,16H,1,14-15,29H2,2-5H3,(H,30,31)/b17-12+,18-13+. The first kappa shape index (κ1) is 27.8. The number of alkyl halides is 3. The van der Waals surface area contributed by atoms with Crippen molar-refractivity contribution in [1.82, 2.24) is 9.13 Å². The average molecular weight is 506 g/mol. The van der Waals surface area contributed by atoms with E-state index in [0.29, 0.717) is 29.2 Å². The highest BCUT2D eigenvalue weighted by molar-refractivity contribution is 7.71. The van der Waals surface area contributed by atoms with Gasteiger partial charge in [0.25, 0.3) is 0 Å². The first-order chi connectivity index (χ1) is 16.4. The summed E-state index contributed by atoms with van der Waals surface area (Å²) in [4.78, 5) is 17.4. The van der Waals surface area contributed by atoms with Crippen LogP contribution >= 0.6 is 12.2 Å². The number of benzene rings is 1. The van der Waals surface area contributed by atoms with E-state index < -0.39 is 11.7 Å². The van der Waals surface area contributed by atoms with E-state index in [2.05, 4.69) is 16.9 Å². The number of hydrogen-bond donors (Lipinski definition) is 2. The quantitative estimate of drug-likeness (QED) is 0.211. The first-order valence-corrected chi connectivity index (χ1v) is 11.3. The van der Waals surface area contributed by atoms with Gasteiger partial charge in [-0.15, -0.1) is 0 Å². The van der Waals surface area contributed by atoms with E-state index in [1.807, 2.05) is 44.2 Å². The van der Waals surface area contributed by atoms with Crippen molar-refractivity contribution < 1.29 is 13.2 Å². The van der Waals surface area contributed by atoms with E-state index in [0.717, 1.165) is 12.2 Å². The first-order valence-electron chi connectivity index (χ1n) is 10.9. The van der Waals surface area contributed by atoms with Crippen LogP contribution in [0.3, 0.4) is 0 Å². The predicted octanol–water partition coefficient (Wildman–Crippen LogP) is 5.63. The molecule has 0 atom stereocenters. The monoisotopic (exact) mass is 505 g/mol. The van der Waals surface area contributed by atoms with Gasteiger partial charge in [0.15, 0.2) is 0 Å². The highest BCUT2D eigenvalue weighted by Crippen LogP contribution is 2.26. The maximum absolute atomic E-state index is 13.0. The molecule has 0 radical (unpaired) electrons. The normalized spacial score (nSPS) is 13.3. The molecule has 1 heterocycles. The van der Waals surface area contributed by atoms with Crippen LogP contribution in [0.5, 0.6) is 0 Å². The molecule has 3 N–H and O–H groups in total. The van der Waals surface area contributed by atoms with Gasteiger partial charge < -0.3 is 11.1 Å². The van der Waals surface area contributed by atoms with Crippen molar-refractivity contribution >= 4 is 29.6 Å². The molecular weight excluding hydrogens is 475 g/mol. The number of rotatable bonds is 8. The van der Waals surface area contributed by atoms with Gasteiger partial charge >= 0.3 is 11.9 Å². The Bertz CT molecular complexity index is 1270. The molecule has 0 aliphatic carbocycles. The van der Waals surface area contributed by atoms with Crippen molar-refractivity contribution in [3.8, 4) is 0 Å². The lowest BCUT2D eigenvalue weighted by molar-refractivity contribution is -0.0881. The fraction of sp³-hybridized carbons (Fsp3) is 0.320. The van der Waals surface area contributed by atoms with Crippen LogP contribution in [-0.2, 0) is 13.6 Å². The molecule has 0 amide bonds. The number of hydrogen-bond acceptors (Lipinski definition) is 4. The zero-order valence-electron chi connectivity index (χ0n) is 20.2. The van der Waals surface area contributed by atoms with Crippen molar-refractivity contribution in [2.24, 2.45) is 18.0 Å². The lowest BCUT2D eigenvalue weighted by atomic mass is 10.2. The van der Waals surface area contributed by atoms with Crippen molar-refractivity contribution in [2.75, 3.05) is 17.6 Å². The molecule has 10 heteroatoms. The highest BCUT2D eigenvalue weighted by atomic mass is 32.1. The number of aliphatic imine (C=N–C) groups is 1. The number of nitrogens with zero attached hydrogens (tertiary/aromatic N) is 3. The Labute approximate surface area is 208 Å². The van der Waals surface area contributed by atoms with E-state index >= 15 is 0 Å². The summed E-state index contributed by atoms with van der Waals surface area (Å²) in [5.74, 6) is 0.621. The molecule has 188 valence electrons. The zero-order chi connectivity index (χ0) is 26.3. The van der Waals surface area contributed by atoms with E-state index in [-0.39, 0.29) is 28.6 Å². The molecule has 0 fully saturated rings. The van der Waals surface area contributed by atoms with Crippen LogP contribution in [0.15, 0.2) is 76.1 Å². The molecule has 35 heavy (non-hydrogen) atoms. The minimum Gasteiger partial charge on any atom is -0.384 e. The third kappa shape index (κ3) is 7.29. The third-order valence-electron chi connectivity index (χ3n) is 4.99. The maximum Gasteiger partial charge on any atom is 0.416 e. The number of halogens is 3. The van der Waals surface area contributed by atoms with Crippen LogP contribution in [0, 0.1) is 10.6 Å². The van der Waals surface area contributed by atoms with E-state index in [1.165, 1.54) is 15.2 Å². The zero-order valence-corrected chi connectivity index (χ0v) is 21.0. The Morgan fingerprint density at radius 2 is 1.89 bits per heavy atom. The molecule has 2 aromatic rings. The number of anilines is 2. The number of nitrogens with one attached hydrogen (secondary N) is 1. The molecule has 0 spiro atoms. The topological polar surface area (TPSA) is 77.3 Å². The second kappa shape index (κ2) is 11.8. The Morgan fingerprint density at radius 3 is 2.43 bits per heavy atom. The molecule has 1 aromatic heterocycles. The largest absolute Gasteiger partial charge is 0.416 e. The van der Waals surface area contributed by atoms with Gasteiger partial charge in [-0.3, -0.25) is 14.1 Å². The molecular formula is C25H30F3N5OS. The van der Waals surface area contributed by atoms with Gasteiger partial charge in [-0.2, -0.15) is 13.2 Å². The van der Waals surface area contributed by atoms with Gasteiger partial charge in [0, 0.05) is 19.3 Å². The molecule has 1 aromatic carbocycles. The summed E-state index contributed by atoms with van der Waals surface area (Å²) in [6.45, 7) is 9.25. The molecule has 6 nitrogen and oxygen atoms in total. The summed E-state index contributed by atoms with van der Waals surface area (Å²) in [5, 5.41) is 3.20. The van der Waals surface area contributed by atoms with Crippen molar-refractivity contribution in [2.45, 2.75) is 33.5 Å². The van der Waals surface area contributed by atoms with Crippen LogP contribution < -0.4 is 16.7 Å². The maximum atomic E-state index is 13.0. The number of para-hydroxylation sites is 1. The summed E-state index contributed by atoms with van der Waals surface area (Å²) in [5.41, 5.74) is 6.88. The van der Waals surface area contributed by atoms with Gasteiger partial charge in [0.05, 0.1) is 17.7 Å². The minimum atomic E-state index is -4.49. The van der Waals surface area contributed by atoms with Crippen molar-refractivity contribution in [3.63, 3.8) is 0 Å². The number of nitrogens with two attached hydrogens (primary N) is 1. The Morgan fingerprint density at radius 1 is 1.26 bits per heavy atom. The third-order valence-corrected chi connectivity index (χ3v) is 5.46. The van der Waals surface area contributed by atoms with Gasteiger partial charge in [0.1, 0.15) is 16.3 Å². The van der Waals surface area contributed by atoms with Gasteiger partial charge in [-0.25, -0.2) is 4.79 Å². The smallest absolute Gasteiger partial charge is 0.384 e. The molecule has 0 aliphatic rings. The molecule has 0 saturated heterocycles. The van der Waals surface area contributed by atoms with Gasteiger partial charge in [-0.1, -0.05) is 74.6 Å². The van der Waals surface area contributed by atoms with Crippen molar-refractivity contribution in [3.05, 3.63) is 87.0 Å². The lowest BCUT2D eigenvalue weighted by Crippen LogP contribution is -2.36. The second-order valence-electron chi connectivity index (χ2n) is 8.40. The number of aromatic nitrogens is 2. The average Bonchev–Trinajstić information content (AvgIpc) is 2.79. The van der Waals surface area contributed by atoms with Gasteiger partial charge in [0.2, 0.25) is 0 Å². The van der Waals surface area contributed by atoms with Crippen LogP contribution in [0.1, 0.15) is 26.3 Å². The SMILES string of the molecule is C=C/C(=C\C=C(/C)CN=C(Nc1ccccc1)c1c(N)n(CC(C)C)c(=O)n(C)c1=S)C(F)(F)F. The molecule has 0 saturated carbocycles. The summed E-state index contributed by atoms with van der Waals surface area (Å²) in [6.07, 6.45) is -1.44. The van der Waals surface area contributed by atoms with Crippen LogP contribution in [0.4, 0.5) is 24.7 Å². The van der Waals surface area contributed by atoms with Crippen molar-refractivity contribution in [1.29, 1.82) is 0 Å². The fourth-order valence-electron chi connectivity index (χ4n) is 3.15. The Balaban J connectivity index is 2.63. The second-order valence-corrected chi connectivity index (χ2v) is 8.79. The summed E-state index contributed by atoms with van der Waals surface area (Å²) < 4.78 is 41.9. The number of allylic oxidation sites excluding steroid dienone is 4. The highest BCUT2D eigenvalue weighted by Gasteiger charge is 2.30. The van der Waals surface area contributed by atoms with E-state index in [4.69, 9.17) is 18.0 Å². The number of nitrogen functional groups attached to an aromatic ring is 1. The fourth-order valence-corrected chi connectivity index (χ4v) is 3.43. The minimum absolute atomic E-state index is 0.0647. The number of amidine groups is 1. The Kier molecular flexibility index (Phi) is 9.41. The van der Waals surface area contributed by atoms with E-state index in [9.17, 15) is 18.0 Å². The summed E-state index contributed by atoms with van der Waals surface area (Å²) >= 11 is 5.54. The molecule has 0 unspecified atom stereocenters. The van der Waals surface area contributed by atoms with Gasteiger partial charge in [-0.05, 0) is 25.0 Å². The lowest BCUT2D eigenvalue weighted by Gasteiger charge is -2.19. The molecule has 0 aliphatic heterocycles. The van der Waals surface area contributed by atoms with E-state index in [1.54, 1.807) is 14.0 Å². The molecule has 2 rings (SSSR count). The predicted molar refractivity (Wildman–Crippen MR) is 139 cm³/mol. The van der Waals surface area contributed by atoms with Crippen LogP contribution in [0.25, 0.3) is 0 Å². The van der Waals surface area contributed by atoms with Crippen LogP contribution in [-0.4, -0.2) is 27.7 Å². The summed E-state index contributed by atoms with van der Waals surface area (Å²) in [7, 11) is 1.56.